The van der Waals surface area contributed by atoms with Crippen LogP contribution in [0.2, 0.25) is 0 Å². The van der Waals surface area contributed by atoms with Crippen LogP contribution in [0, 0.1) is 13.8 Å². The van der Waals surface area contributed by atoms with Gasteiger partial charge in [0.15, 0.2) is 0 Å². The second-order valence-corrected chi connectivity index (χ2v) is 8.97. The normalized spacial score (nSPS) is 17.5. The minimum absolute atomic E-state index is 0.246. The van der Waals surface area contributed by atoms with Crippen molar-refractivity contribution in [3.63, 3.8) is 0 Å². The molecule has 3 aromatic rings. The monoisotopic (exact) mass is 458 g/mol. The topological polar surface area (TPSA) is 76.6 Å². The van der Waals surface area contributed by atoms with Crippen molar-refractivity contribution in [1.82, 2.24) is 14.9 Å². The van der Waals surface area contributed by atoms with Gasteiger partial charge in [-0.15, -0.1) is 0 Å². The number of hydrogen-bond donors (Lipinski definition) is 1. The first-order chi connectivity index (χ1) is 16.6. The maximum atomic E-state index is 12.3. The van der Waals surface area contributed by atoms with Gasteiger partial charge in [-0.05, 0) is 48.1 Å². The zero-order chi connectivity index (χ0) is 23.5. The molecule has 1 N–H and O–H groups in total. The van der Waals surface area contributed by atoms with Crippen LogP contribution in [-0.4, -0.2) is 60.4 Å². The first-order valence-electron chi connectivity index (χ1n) is 11.8. The van der Waals surface area contributed by atoms with Crippen LogP contribution in [0.3, 0.4) is 0 Å². The molecule has 5 rings (SSSR count). The number of morpholine rings is 1. The van der Waals surface area contributed by atoms with Gasteiger partial charge in [-0.2, -0.15) is 0 Å². The summed E-state index contributed by atoms with van der Waals surface area (Å²) in [5.74, 6) is 0.505. The molecule has 34 heavy (non-hydrogen) atoms. The number of anilines is 1. The molecule has 7 nitrogen and oxygen atoms in total. The summed E-state index contributed by atoms with van der Waals surface area (Å²) in [4.78, 5) is 23.6. The second-order valence-electron chi connectivity index (χ2n) is 8.97. The zero-order valence-electron chi connectivity index (χ0n) is 19.7. The van der Waals surface area contributed by atoms with Crippen molar-refractivity contribution >= 4 is 12.0 Å². The van der Waals surface area contributed by atoms with Gasteiger partial charge in [0, 0.05) is 37.3 Å². The SMILES string of the molecule is Cc1ccc([C@@H]2Cc3cnc(NC(=O)OCCN4CCOCC4)nc3-c3ccccc32)cc1C. The number of benzene rings is 2. The average molecular weight is 459 g/mol. The molecular weight excluding hydrogens is 428 g/mol. The van der Waals surface area contributed by atoms with Gasteiger partial charge in [0.2, 0.25) is 5.95 Å². The van der Waals surface area contributed by atoms with Crippen molar-refractivity contribution in [1.29, 1.82) is 0 Å². The lowest BCUT2D eigenvalue weighted by Crippen LogP contribution is -2.38. The molecular formula is C27H30N4O3. The van der Waals surface area contributed by atoms with Crippen molar-refractivity contribution in [2.45, 2.75) is 26.2 Å². The van der Waals surface area contributed by atoms with E-state index in [2.05, 4.69) is 65.4 Å². The number of nitrogens with one attached hydrogen (secondary N) is 1. The predicted molar refractivity (Wildman–Crippen MR) is 131 cm³/mol. The van der Waals surface area contributed by atoms with Gasteiger partial charge in [0.05, 0.1) is 18.9 Å². The van der Waals surface area contributed by atoms with Crippen LogP contribution in [0.4, 0.5) is 10.7 Å². The summed E-state index contributed by atoms with van der Waals surface area (Å²) < 4.78 is 10.7. The third-order valence-corrected chi connectivity index (χ3v) is 6.77. The Hall–Kier alpha value is -3.29. The highest BCUT2D eigenvalue weighted by atomic mass is 16.5. The van der Waals surface area contributed by atoms with Crippen LogP contribution < -0.4 is 5.32 Å². The molecule has 1 fully saturated rings. The van der Waals surface area contributed by atoms with E-state index < -0.39 is 6.09 Å². The maximum absolute atomic E-state index is 12.3. The van der Waals surface area contributed by atoms with Gasteiger partial charge < -0.3 is 9.47 Å². The van der Waals surface area contributed by atoms with E-state index in [4.69, 9.17) is 14.5 Å². The van der Waals surface area contributed by atoms with Crippen molar-refractivity contribution in [3.05, 3.63) is 76.5 Å². The predicted octanol–water partition coefficient (Wildman–Crippen LogP) is 4.33. The minimum atomic E-state index is -0.537. The lowest BCUT2D eigenvalue weighted by atomic mass is 9.77. The summed E-state index contributed by atoms with van der Waals surface area (Å²) in [6.45, 7) is 8.47. The highest BCUT2D eigenvalue weighted by molar-refractivity contribution is 5.83. The van der Waals surface area contributed by atoms with E-state index in [0.717, 1.165) is 49.5 Å². The number of rotatable bonds is 5. The Labute approximate surface area is 200 Å². The Morgan fingerprint density at radius 1 is 1.15 bits per heavy atom. The Bertz CT molecular complexity index is 1190. The van der Waals surface area contributed by atoms with E-state index >= 15 is 0 Å². The maximum Gasteiger partial charge on any atom is 0.414 e. The Morgan fingerprint density at radius 2 is 1.97 bits per heavy atom. The molecule has 2 aliphatic rings. The Morgan fingerprint density at radius 3 is 2.79 bits per heavy atom. The second kappa shape index (κ2) is 9.91. The first-order valence-corrected chi connectivity index (χ1v) is 11.8. The molecule has 0 spiro atoms. The minimum Gasteiger partial charge on any atom is -0.448 e. The molecule has 0 bridgehead atoms. The van der Waals surface area contributed by atoms with Crippen molar-refractivity contribution in [2.75, 3.05) is 44.8 Å². The van der Waals surface area contributed by atoms with E-state index in [1.807, 2.05) is 12.3 Å². The summed E-state index contributed by atoms with van der Waals surface area (Å²) in [6.07, 6.45) is 2.11. The summed E-state index contributed by atoms with van der Waals surface area (Å²) in [5, 5.41) is 2.69. The van der Waals surface area contributed by atoms with Crippen LogP contribution in [-0.2, 0) is 15.9 Å². The van der Waals surface area contributed by atoms with Gasteiger partial charge in [-0.25, -0.2) is 14.8 Å². The average Bonchev–Trinajstić information content (AvgIpc) is 2.86. The highest BCUT2D eigenvalue weighted by Crippen LogP contribution is 2.42. The molecule has 1 aromatic heterocycles. The Balaban J connectivity index is 1.31. The number of ether oxygens (including phenoxy) is 2. The van der Waals surface area contributed by atoms with E-state index in [1.165, 1.54) is 22.3 Å². The van der Waals surface area contributed by atoms with Gasteiger partial charge >= 0.3 is 6.09 Å². The quantitative estimate of drug-likeness (QED) is 0.613. The number of nitrogens with zero attached hydrogens (tertiary/aromatic N) is 3. The molecule has 2 aromatic carbocycles. The molecule has 1 aliphatic carbocycles. The van der Waals surface area contributed by atoms with Gasteiger partial charge in [0.1, 0.15) is 6.61 Å². The summed E-state index contributed by atoms with van der Waals surface area (Å²) in [5.41, 5.74) is 8.16. The largest absolute Gasteiger partial charge is 0.448 e. The fourth-order valence-electron chi connectivity index (χ4n) is 4.69. The first kappa shape index (κ1) is 22.5. The number of hydrogen-bond acceptors (Lipinski definition) is 6. The van der Waals surface area contributed by atoms with E-state index in [0.29, 0.717) is 13.2 Å². The number of carbonyl (C=O) groups is 1. The van der Waals surface area contributed by atoms with Crippen LogP contribution >= 0.6 is 0 Å². The molecule has 1 amide bonds. The van der Waals surface area contributed by atoms with Crippen molar-refractivity contribution in [2.24, 2.45) is 0 Å². The number of aromatic nitrogens is 2. The zero-order valence-corrected chi connectivity index (χ0v) is 19.7. The van der Waals surface area contributed by atoms with Gasteiger partial charge in [-0.3, -0.25) is 10.2 Å². The van der Waals surface area contributed by atoms with E-state index in [-0.39, 0.29) is 11.9 Å². The molecule has 176 valence electrons. The van der Waals surface area contributed by atoms with Crippen LogP contribution in [0.5, 0.6) is 0 Å². The fourth-order valence-corrected chi connectivity index (χ4v) is 4.69. The number of aryl methyl sites for hydroxylation is 2. The van der Waals surface area contributed by atoms with Crippen molar-refractivity contribution in [3.8, 4) is 11.3 Å². The molecule has 0 unspecified atom stereocenters. The standard InChI is InChI=1S/C27H30N4O3/c1-18-7-8-20(15-19(18)2)24-16-21-17-28-26(29-25(21)23-6-4-3-5-22(23)24)30-27(32)34-14-11-31-9-12-33-13-10-31/h3-8,15,17,24H,9-14,16H2,1-2H3,(H,28,29,30,32)/t24-/m0/s1. The molecule has 1 saturated heterocycles. The smallest absolute Gasteiger partial charge is 0.414 e. The number of amides is 1. The van der Waals surface area contributed by atoms with E-state index in [9.17, 15) is 4.79 Å². The number of fused-ring (bicyclic) bond motifs is 3. The third kappa shape index (κ3) is 4.81. The number of carbonyl (C=O) groups excluding carboxylic acids is 1. The molecule has 2 heterocycles. The van der Waals surface area contributed by atoms with Crippen LogP contribution in [0.15, 0.2) is 48.7 Å². The fraction of sp³-hybridized carbons (Fsp3) is 0.370. The lowest BCUT2D eigenvalue weighted by Gasteiger charge is -2.28. The summed E-state index contributed by atoms with van der Waals surface area (Å²) >= 11 is 0. The molecule has 1 aliphatic heterocycles. The van der Waals surface area contributed by atoms with Crippen LogP contribution in [0.1, 0.15) is 33.7 Å². The molecule has 7 heteroatoms. The summed E-state index contributed by atoms with van der Waals surface area (Å²) in [7, 11) is 0. The van der Waals surface area contributed by atoms with Gasteiger partial charge in [0.25, 0.3) is 0 Å². The molecule has 0 radical (unpaired) electrons. The van der Waals surface area contributed by atoms with Crippen LogP contribution in [0.25, 0.3) is 11.3 Å². The van der Waals surface area contributed by atoms with Gasteiger partial charge in [-0.1, -0.05) is 42.5 Å². The summed E-state index contributed by atoms with van der Waals surface area (Å²) in [6, 6.07) is 15.1. The van der Waals surface area contributed by atoms with Crippen molar-refractivity contribution < 1.29 is 14.3 Å². The Kier molecular flexibility index (Phi) is 6.56. The highest BCUT2D eigenvalue weighted by Gasteiger charge is 2.28. The third-order valence-electron chi connectivity index (χ3n) is 6.77. The molecule has 1 atom stereocenters. The molecule has 0 saturated carbocycles. The van der Waals surface area contributed by atoms with E-state index in [1.54, 1.807) is 0 Å². The lowest BCUT2D eigenvalue weighted by molar-refractivity contribution is 0.0290.